The van der Waals surface area contributed by atoms with E-state index in [0.717, 1.165) is 49.0 Å². The van der Waals surface area contributed by atoms with Crippen molar-refractivity contribution in [2.24, 2.45) is 5.92 Å². The van der Waals surface area contributed by atoms with Gasteiger partial charge in [-0.05, 0) is 75.4 Å². The maximum Gasteiger partial charge on any atom is 0.237 e. The largest absolute Gasteiger partial charge is 0.344 e. The second kappa shape index (κ2) is 11.8. The van der Waals surface area contributed by atoms with Gasteiger partial charge in [-0.3, -0.25) is 9.59 Å². The molecule has 4 rings (SSSR count). The fourth-order valence-electron chi connectivity index (χ4n) is 5.54. The van der Waals surface area contributed by atoms with Crippen LogP contribution in [0, 0.1) is 18.3 Å². The average Bonchev–Trinajstić information content (AvgIpc) is 3.28. The number of hydrogen-bond acceptors (Lipinski definition) is 5. The molecule has 3 N–H and O–H groups in total. The number of carbonyl (C=O) groups is 2. The lowest BCUT2D eigenvalue weighted by atomic mass is 9.78. The van der Waals surface area contributed by atoms with Crippen LogP contribution >= 0.6 is 0 Å². The number of amides is 1. The fourth-order valence-corrected chi connectivity index (χ4v) is 5.54. The third-order valence-electron chi connectivity index (χ3n) is 7.88. The molecule has 2 heterocycles. The quantitative estimate of drug-likeness (QED) is 0.337. The summed E-state index contributed by atoms with van der Waals surface area (Å²) in [6.07, 6.45) is 9.49. The first-order valence-corrected chi connectivity index (χ1v) is 13.5. The zero-order valence-corrected chi connectivity index (χ0v) is 22.4. The van der Waals surface area contributed by atoms with Crippen molar-refractivity contribution in [3.05, 3.63) is 59.9 Å². The third-order valence-corrected chi connectivity index (χ3v) is 7.88. The summed E-state index contributed by atoms with van der Waals surface area (Å²) in [5.74, 6) is -0.0129. The van der Waals surface area contributed by atoms with Gasteiger partial charge in [-0.1, -0.05) is 44.4 Å². The van der Waals surface area contributed by atoms with E-state index in [1.165, 1.54) is 10.9 Å². The van der Waals surface area contributed by atoms with Crippen molar-refractivity contribution < 1.29 is 9.59 Å². The minimum Gasteiger partial charge on any atom is -0.344 e. The highest BCUT2D eigenvalue weighted by Gasteiger charge is 2.36. The number of aromatic nitrogens is 2. The number of aryl methyl sites for hydroxylation is 1. The van der Waals surface area contributed by atoms with E-state index in [0.29, 0.717) is 6.42 Å². The van der Waals surface area contributed by atoms with Gasteiger partial charge in [0.25, 0.3) is 0 Å². The second-order valence-corrected chi connectivity index (χ2v) is 10.3. The van der Waals surface area contributed by atoms with Crippen molar-refractivity contribution in [3.8, 4) is 5.82 Å². The second-order valence-electron chi connectivity index (χ2n) is 10.3. The Morgan fingerprint density at radius 3 is 2.59 bits per heavy atom. The highest BCUT2D eigenvalue weighted by atomic mass is 16.2. The number of para-hydroxylation sites is 1. The first-order chi connectivity index (χ1) is 17.8. The molecular formula is C30H39N5O2. The zero-order chi connectivity index (χ0) is 26.5. The average molecular weight is 502 g/mol. The van der Waals surface area contributed by atoms with E-state index in [1.807, 2.05) is 31.2 Å². The zero-order valence-electron chi connectivity index (χ0n) is 22.4. The molecule has 37 heavy (non-hydrogen) atoms. The summed E-state index contributed by atoms with van der Waals surface area (Å²) in [4.78, 5) is 31.2. The number of nitrogens with zero attached hydrogens (tertiary/aromatic N) is 2. The molecule has 0 unspecified atom stereocenters. The van der Waals surface area contributed by atoms with Crippen LogP contribution in [-0.4, -0.2) is 46.1 Å². The van der Waals surface area contributed by atoms with Crippen LogP contribution < -0.4 is 10.6 Å². The Morgan fingerprint density at radius 1 is 1.16 bits per heavy atom. The lowest BCUT2D eigenvalue weighted by Gasteiger charge is -2.32. The van der Waals surface area contributed by atoms with Gasteiger partial charge in [-0.15, -0.1) is 0 Å². The van der Waals surface area contributed by atoms with Gasteiger partial charge < -0.3 is 20.6 Å². The van der Waals surface area contributed by atoms with E-state index in [9.17, 15) is 9.59 Å². The number of likely N-dealkylation sites (N-methyl/N-ethyl adjacent to an activating group) is 1. The first-order valence-electron chi connectivity index (χ1n) is 13.5. The molecule has 1 fully saturated rings. The summed E-state index contributed by atoms with van der Waals surface area (Å²) in [7, 11) is 1.73. The van der Waals surface area contributed by atoms with Crippen LogP contribution in [0.2, 0.25) is 0 Å². The molecule has 2 aromatic heterocycles. The summed E-state index contributed by atoms with van der Waals surface area (Å²) in [6, 6.07) is 11.0. The molecule has 1 aliphatic rings. The van der Waals surface area contributed by atoms with E-state index in [2.05, 4.69) is 45.4 Å². The Bertz CT molecular complexity index is 1270. The molecule has 0 bridgehead atoms. The molecule has 196 valence electrons. The van der Waals surface area contributed by atoms with Crippen LogP contribution in [0.4, 0.5) is 0 Å². The summed E-state index contributed by atoms with van der Waals surface area (Å²) in [6.45, 7) is 5.86. The monoisotopic (exact) mass is 501 g/mol. The van der Waals surface area contributed by atoms with Gasteiger partial charge in [-0.2, -0.15) is 0 Å². The fraction of sp³-hybridized carbons (Fsp3) is 0.467. The molecule has 7 heteroatoms. The molecule has 0 aliphatic heterocycles. The van der Waals surface area contributed by atoms with Crippen LogP contribution in [0.5, 0.6) is 0 Å². The third kappa shape index (κ3) is 5.67. The van der Waals surface area contributed by atoms with Crippen LogP contribution in [0.3, 0.4) is 0 Å². The number of ketones is 1. The summed E-state index contributed by atoms with van der Waals surface area (Å²) in [5.41, 5.74) is 3.18. The minimum absolute atomic E-state index is 0.0566. The molecule has 3 aromatic rings. The van der Waals surface area contributed by atoms with Gasteiger partial charge in [0, 0.05) is 23.7 Å². The normalized spacial score (nSPS) is 16.8. The van der Waals surface area contributed by atoms with Crippen LogP contribution in [0.1, 0.15) is 69.4 Å². The maximum atomic E-state index is 13.8. The number of hydrogen-bond donors (Lipinski definition) is 3. The van der Waals surface area contributed by atoms with Crippen LogP contribution in [-0.2, 0) is 9.59 Å². The van der Waals surface area contributed by atoms with Crippen molar-refractivity contribution >= 4 is 28.3 Å². The number of fused-ring (bicyclic) bond motifs is 1. The molecule has 7 nitrogen and oxygen atoms in total. The van der Waals surface area contributed by atoms with E-state index in [4.69, 9.17) is 5.41 Å². The molecule has 0 spiro atoms. The molecule has 1 amide bonds. The predicted molar refractivity (Wildman–Crippen MR) is 149 cm³/mol. The predicted octanol–water partition coefficient (Wildman–Crippen LogP) is 5.09. The van der Waals surface area contributed by atoms with Crippen molar-refractivity contribution in [1.29, 1.82) is 5.41 Å². The number of carbonyl (C=O) groups excluding carboxylic acids is 2. The van der Waals surface area contributed by atoms with Gasteiger partial charge in [-0.25, -0.2) is 4.98 Å². The lowest BCUT2D eigenvalue weighted by molar-refractivity contribution is -0.127. The molecule has 3 atom stereocenters. The van der Waals surface area contributed by atoms with Gasteiger partial charge in [0.05, 0.1) is 23.3 Å². The van der Waals surface area contributed by atoms with Crippen molar-refractivity contribution in [2.75, 3.05) is 7.05 Å². The maximum absolute atomic E-state index is 13.8. The molecular weight excluding hydrogens is 462 g/mol. The highest BCUT2D eigenvalue weighted by Crippen LogP contribution is 2.30. The Hall–Kier alpha value is -3.32. The Kier molecular flexibility index (Phi) is 8.54. The highest BCUT2D eigenvalue weighted by molar-refractivity contribution is 6.42. The molecule has 1 aliphatic carbocycles. The van der Waals surface area contributed by atoms with E-state index in [-0.39, 0.29) is 29.2 Å². The smallest absolute Gasteiger partial charge is 0.237 e. The van der Waals surface area contributed by atoms with Crippen LogP contribution in [0.15, 0.2) is 48.8 Å². The van der Waals surface area contributed by atoms with Crippen molar-refractivity contribution in [1.82, 2.24) is 20.2 Å². The Labute approximate surface area is 219 Å². The Morgan fingerprint density at radius 2 is 1.89 bits per heavy atom. The number of pyridine rings is 1. The van der Waals surface area contributed by atoms with E-state index < -0.39 is 12.1 Å². The summed E-state index contributed by atoms with van der Waals surface area (Å²) in [5, 5.41) is 16.1. The van der Waals surface area contributed by atoms with Crippen molar-refractivity contribution in [2.45, 2.75) is 77.3 Å². The number of benzene rings is 1. The SMILES string of the molecule is CC[C@H](C(=N)C(=O)[C@@H](NC(=O)[C@H](C)NC)C1CCCCC1)c1ccnc(-n2cc(C)c3ccccc32)c1. The number of nitrogens with one attached hydrogen (secondary N) is 3. The number of Topliss-reactive ketones (excluding diaryl/α,β-unsaturated/α-hetero) is 1. The minimum atomic E-state index is -0.664. The van der Waals surface area contributed by atoms with E-state index in [1.54, 1.807) is 20.2 Å². The standard InChI is InChI=1S/C30H39N5O2/c1-5-23(22-15-16-33-26(17-22)35-18-19(2)24-13-9-10-14-25(24)35)27(31)29(36)28(21-11-7-6-8-12-21)34-30(37)20(3)32-4/h9-10,13-18,20-21,23,28,31-32H,5-8,11-12H2,1-4H3,(H,34,37)/t20-,23-,28-/m0/s1. The van der Waals surface area contributed by atoms with Gasteiger partial charge >= 0.3 is 0 Å². The summed E-state index contributed by atoms with van der Waals surface area (Å²) >= 11 is 0. The van der Waals surface area contributed by atoms with Gasteiger partial charge in [0.15, 0.2) is 5.78 Å². The van der Waals surface area contributed by atoms with Gasteiger partial charge in [0.1, 0.15) is 5.82 Å². The molecule has 0 radical (unpaired) electrons. The van der Waals surface area contributed by atoms with Crippen LogP contribution in [0.25, 0.3) is 16.7 Å². The van der Waals surface area contributed by atoms with Crippen molar-refractivity contribution in [3.63, 3.8) is 0 Å². The number of rotatable bonds is 10. The van der Waals surface area contributed by atoms with E-state index >= 15 is 0 Å². The molecule has 1 saturated carbocycles. The molecule has 0 saturated heterocycles. The summed E-state index contributed by atoms with van der Waals surface area (Å²) < 4.78 is 2.07. The van der Waals surface area contributed by atoms with Gasteiger partial charge in [0.2, 0.25) is 5.91 Å². The topological polar surface area (TPSA) is 99.9 Å². The molecule has 1 aromatic carbocycles. The Balaban J connectivity index is 1.63. The lowest BCUT2D eigenvalue weighted by Crippen LogP contribution is -2.53. The first kappa shape index (κ1) is 26.7.